The maximum atomic E-state index is 13.1. The smallest absolute Gasteiger partial charge is 0.314 e. The number of fused-ring (bicyclic) bond motifs is 2. The van der Waals surface area contributed by atoms with E-state index in [0.29, 0.717) is 31.3 Å². The van der Waals surface area contributed by atoms with Crippen molar-refractivity contribution in [1.82, 2.24) is 14.8 Å². The molecule has 1 atom stereocenters. The van der Waals surface area contributed by atoms with Gasteiger partial charge in [0.1, 0.15) is 0 Å². The Labute approximate surface area is 219 Å². The molecule has 1 unspecified atom stereocenters. The number of carbonyl (C=O) groups excluding carboxylic acids is 2. The average molecular weight is 558 g/mol. The summed E-state index contributed by atoms with van der Waals surface area (Å²) in [6.45, 7) is 2.83. The number of piperidine rings is 2. The molecule has 2 N–H and O–H groups in total. The third kappa shape index (κ3) is 5.26. The van der Waals surface area contributed by atoms with Crippen molar-refractivity contribution in [2.24, 2.45) is 17.6 Å². The molecule has 184 valence electrons. The van der Waals surface area contributed by atoms with Crippen LogP contribution in [0.25, 0.3) is 12.2 Å². The van der Waals surface area contributed by atoms with Crippen molar-refractivity contribution in [2.75, 3.05) is 26.2 Å². The van der Waals surface area contributed by atoms with E-state index in [0.717, 1.165) is 65.1 Å². The lowest BCUT2D eigenvalue weighted by atomic mass is 9.76. The molecule has 8 heteroatoms. The van der Waals surface area contributed by atoms with Crippen LogP contribution in [0.1, 0.15) is 60.4 Å². The molecular weight excluding hydrogens is 528 g/mol. The number of halogens is 2. The molecule has 0 radical (unpaired) electrons. The fraction of sp³-hybridized carbons (Fsp3) is 0.444. The van der Waals surface area contributed by atoms with Gasteiger partial charge in [-0.2, -0.15) is 0 Å². The van der Waals surface area contributed by atoms with Gasteiger partial charge in [0.05, 0.1) is 5.69 Å². The van der Waals surface area contributed by atoms with Crippen molar-refractivity contribution < 1.29 is 9.59 Å². The summed E-state index contributed by atoms with van der Waals surface area (Å²) in [6.07, 6.45) is 10.3. The zero-order chi connectivity index (χ0) is 24.5. The van der Waals surface area contributed by atoms with Crippen LogP contribution in [0.2, 0.25) is 5.02 Å². The molecule has 1 aromatic heterocycles. The highest BCUT2D eigenvalue weighted by molar-refractivity contribution is 9.10. The zero-order valence-electron chi connectivity index (χ0n) is 19.6. The maximum Gasteiger partial charge on any atom is 0.314 e. The molecule has 3 heterocycles. The number of nitrogens with zero attached hydrogens (tertiary/aromatic N) is 3. The van der Waals surface area contributed by atoms with Gasteiger partial charge in [-0.3, -0.25) is 9.78 Å². The lowest BCUT2D eigenvalue weighted by Gasteiger charge is -2.38. The van der Waals surface area contributed by atoms with Gasteiger partial charge in [-0.1, -0.05) is 29.8 Å². The van der Waals surface area contributed by atoms with Crippen LogP contribution < -0.4 is 5.73 Å². The molecule has 2 aromatic rings. The predicted octanol–water partition coefficient (Wildman–Crippen LogP) is 5.53. The highest BCUT2D eigenvalue weighted by Crippen LogP contribution is 2.43. The van der Waals surface area contributed by atoms with E-state index in [-0.39, 0.29) is 17.9 Å². The summed E-state index contributed by atoms with van der Waals surface area (Å²) in [5.74, 6) is 1.12. The van der Waals surface area contributed by atoms with Gasteiger partial charge in [0.25, 0.3) is 0 Å². The van der Waals surface area contributed by atoms with Crippen molar-refractivity contribution in [3.05, 3.63) is 62.3 Å². The number of hydrogen-bond donors (Lipinski definition) is 1. The summed E-state index contributed by atoms with van der Waals surface area (Å²) >= 11 is 9.90. The average Bonchev–Trinajstić information content (AvgIpc) is 3.00. The second-order valence-electron chi connectivity index (χ2n) is 9.90. The number of likely N-dealkylation sites (tertiary alicyclic amines) is 2. The SMILES string of the molecule is NC(=O)N1CCC(CC(=O)N2CCC(C3c4ccc(Cl)cc4C=Cc4cc(Br)cnc43)CC2)CC1. The van der Waals surface area contributed by atoms with E-state index in [1.165, 1.54) is 5.56 Å². The molecule has 2 saturated heterocycles. The number of primary amides is 1. The topological polar surface area (TPSA) is 79.5 Å². The number of carbonyl (C=O) groups is 2. The van der Waals surface area contributed by atoms with Gasteiger partial charge >= 0.3 is 6.03 Å². The Bertz CT molecular complexity index is 1100. The maximum absolute atomic E-state index is 13.1. The van der Waals surface area contributed by atoms with E-state index >= 15 is 0 Å². The lowest BCUT2D eigenvalue weighted by molar-refractivity contribution is -0.134. The summed E-state index contributed by atoms with van der Waals surface area (Å²) in [6, 6.07) is 7.90. The van der Waals surface area contributed by atoms with Crippen molar-refractivity contribution >= 4 is 51.6 Å². The standard InChI is InChI=1S/C27H30BrClN4O2/c28-21-14-20-2-1-19-15-22(29)3-4-23(19)25(26(20)31-16-21)18-7-11-32(12-8-18)24(34)13-17-5-9-33(10-6-17)27(30)35/h1-4,14-18,25H,5-13H2,(H2,30,35). The molecule has 2 aliphatic heterocycles. The predicted molar refractivity (Wildman–Crippen MR) is 142 cm³/mol. The first-order valence-corrected chi connectivity index (χ1v) is 13.5. The first kappa shape index (κ1) is 24.3. The van der Waals surface area contributed by atoms with Crippen LogP contribution in [-0.4, -0.2) is 52.9 Å². The number of rotatable bonds is 3. The largest absolute Gasteiger partial charge is 0.351 e. The third-order valence-corrected chi connectivity index (χ3v) is 8.46. The van der Waals surface area contributed by atoms with Crippen molar-refractivity contribution in [3.63, 3.8) is 0 Å². The Morgan fingerprint density at radius 3 is 2.40 bits per heavy atom. The van der Waals surface area contributed by atoms with Crippen LogP contribution >= 0.6 is 27.5 Å². The molecule has 3 amide bonds. The normalized spacial score (nSPS) is 20.8. The van der Waals surface area contributed by atoms with Crippen LogP contribution in [0.5, 0.6) is 0 Å². The van der Waals surface area contributed by atoms with Gasteiger partial charge in [-0.15, -0.1) is 0 Å². The van der Waals surface area contributed by atoms with Crippen molar-refractivity contribution in [2.45, 2.75) is 38.0 Å². The van der Waals surface area contributed by atoms with Crippen LogP contribution in [0.15, 0.2) is 34.9 Å². The van der Waals surface area contributed by atoms with Gasteiger partial charge in [0, 0.05) is 54.2 Å². The van der Waals surface area contributed by atoms with Crippen LogP contribution in [0, 0.1) is 11.8 Å². The molecule has 2 fully saturated rings. The minimum Gasteiger partial charge on any atom is -0.351 e. The molecule has 0 bridgehead atoms. The van der Waals surface area contributed by atoms with Gasteiger partial charge < -0.3 is 15.5 Å². The second-order valence-corrected chi connectivity index (χ2v) is 11.3. The highest BCUT2D eigenvalue weighted by atomic mass is 79.9. The molecule has 1 aromatic carbocycles. The highest BCUT2D eigenvalue weighted by Gasteiger charge is 2.35. The van der Waals surface area contributed by atoms with Gasteiger partial charge in [-0.05, 0) is 88.3 Å². The Kier molecular flexibility index (Phi) is 7.17. The van der Waals surface area contributed by atoms with Crippen LogP contribution in [-0.2, 0) is 4.79 Å². The lowest BCUT2D eigenvalue weighted by Crippen LogP contribution is -2.44. The fourth-order valence-corrected chi connectivity index (χ4v) is 6.38. The van der Waals surface area contributed by atoms with Crippen LogP contribution in [0.4, 0.5) is 4.79 Å². The van der Waals surface area contributed by atoms with E-state index in [9.17, 15) is 9.59 Å². The van der Waals surface area contributed by atoms with E-state index in [4.69, 9.17) is 22.3 Å². The quantitative estimate of drug-likeness (QED) is 0.539. The summed E-state index contributed by atoms with van der Waals surface area (Å²) in [4.78, 5) is 33.0. The molecule has 6 nitrogen and oxygen atoms in total. The number of amides is 3. The zero-order valence-corrected chi connectivity index (χ0v) is 22.0. The van der Waals surface area contributed by atoms with Crippen molar-refractivity contribution in [1.29, 1.82) is 0 Å². The first-order chi connectivity index (χ1) is 16.9. The monoisotopic (exact) mass is 556 g/mol. The van der Waals surface area contributed by atoms with E-state index in [1.807, 2.05) is 23.2 Å². The van der Waals surface area contributed by atoms with E-state index in [1.54, 1.807) is 4.90 Å². The van der Waals surface area contributed by atoms with E-state index < -0.39 is 0 Å². The third-order valence-electron chi connectivity index (χ3n) is 7.79. The second kappa shape index (κ2) is 10.3. The number of pyridine rings is 1. The van der Waals surface area contributed by atoms with E-state index in [2.05, 4.69) is 40.2 Å². The number of benzene rings is 1. The minimum absolute atomic E-state index is 0.163. The Hall–Kier alpha value is -2.38. The van der Waals surface area contributed by atoms with Crippen molar-refractivity contribution in [3.8, 4) is 0 Å². The summed E-state index contributed by atoms with van der Waals surface area (Å²) < 4.78 is 0.964. The molecule has 0 spiro atoms. The number of urea groups is 1. The minimum atomic E-state index is -0.363. The number of hydrogen-bond acceptors (Lipinski definition) is 3. The number of aromatic nitrogens is 1. The molecule has 1 aliphatic carbocycles. The van der Waals surface area contributed by atoms with Crippen LogP contribution in [0.3, 0.4) is 0 Å². The molecule has 5 rings (SSSR count). The van der Waals surface area contributed by atoms with Gasteiger partial charge in [-0.25, -0.2) is 4.79 Å². The fourth-order valence-electron chi connectivity index (χ4n) is 5.85. The summed E-state index contributed by atoms with van der Waals surface area (Å²) in [5.41, 5.74) is 9.99. The Balaban J connectivity index is 1.28. The first-order valence-electron chi connectivity index (χ1n) is 12.3. The Morgan fingerprint density at radius 2 is 1.69 bits per heavy atom. The van der Waals surface area contributed by atoms with Gasteiger partial charge in [0.2, 0.25) is 5.91 Å². The van der Waals surface area contributed by atoms with Gasteiger partial charge in [0.15, 0.2) is 0 Å². The Morgan fingerprint density at radius 1 is 1.00 bits per heavy atom. The molecule has 0 saturated carbocycles. The molecular formula is C27H30BrClN4O2. The summed E-state index contributed by atoms with van der Waals surface area (Å²) in [5, 5.41) is 0.731. The molecule has 35 heavy (non-hydrogen) atoms. The summed E-state index contributed by atoms with van der Waals surface area (Å²) in [7, 11) is 0. The number of nitrogens with two attached hydrogens (primary N) is 1. The molecule has 3 aliphatic rings.